The van der Waals surface area contributed by atoms with Crippen molar-refractivity contribution in [3.05, 3.63) is 35.9 Å². The maximum absolute atomic E-state index is 14.3. The minimum absolute atomic E-state index is 0.208. The quantitative estimate of drug-likeness (QED) is 0.787. The third-order valence-electron chi connectivity index (χ3n) is 4.02. The Balaban J connectivity index is 1.72. The van der Waals surface area contributed by atoms with E-state index in [2.05, 4.69) is 19.9 Å². The number of rotatable bonds is 3. The zero-order valence-electron chi connectivity index (χ0n) is 13.5. The summed E-state index contributed by atoms with van der Waals surface area (Å²) in [4.78, 5) is 18.6. The minimum atomic E-state index is -4.51. The Bertz CT molecular complexity index is 743. The Labute approximate surface area is 141 Å². The van der Waals surface area contributed by atoms with E-state index in [0.29, 0.717) is 38.3 Å². The molecular weight excluding hydrogens is 340 g/mol. The van der Waals surface area contributed by atoms with Crippen molar-refractivity contribution >= 4 is 11.6 Å². The molecule has 0 unspecified atom stereocenters. The average Bonchev–Trinajstić information content (AvgIpc) is 2.61. The zero-order chi connectivity index (χ0) is 18.0. The van der Waals surface area contributed by atoms with E-state index in [0.717, 1.165) is 12.4 Å². The lowest BCUT2D eigenvalue weighted by Gasteiger charge is -2.36. The molecule has 134 valence electrons. The van der Waals surface area contributed by atoms with Crippen molar-refractivity contribution in [2.75, 3.05) is 36.0 Å². The van der Waals surface area contributed by atoms with Crippen molar-refractivity contribution in [3.8, 4) is 0 Å². The number of alkyl halides is 3. The predicted octanol–water partition coefficient (Wildman–Crippen LogP) is 2.31. The summed E-state index contributed by atoms with van der Waals surface area (Å²) in [5, 5.41) is 0. The smallest absolute Gasteiger partial charge is 0.353 e. The number of anilines is 2. The molecule has 1 aliphatic rings. The lowest BCUT2D eigenvalue weighted by Crippen LogP contribution is -2.47. The van der Waals surface area contributed by atoms with Gasteiger partial charge in [-0.2, -0.15) is 13.2 Å². The molecule has 0 aliphatic carbocycles. The van der Waals surface area contributed by atoms with Gasteiger partial charge in [0.05, 0.1) is 5.69 Å². The van der Waals surface area contributed by atoms with E-state index in [1.54, 1.807) is 16.7 Å². The topological polar surface area (TPSA) is 58.0 Å². The van der Waals surface area contributed by atoms with Crippen LogP contribution in [-0.4, -0.2) is 46.1 Å². The highest BCUT2D eigenvalue weighted by molar-refractivity contribution is 5.46. The van der Waals surface area contributed by atoms with Crippen LogP contribution in [0.25, 0.3) is 0 Å². The number of hydrogen-bond donors (Lipinski definition) is 0. The summed E-state index contributed by atoms with van der Waals surface area (Å²) in [6.07, 6.45) is -1.82. The highest BCUT2D eigenvalue weighted by Crippen LogP contribution is 2.29. The normalized spacial score (nSPS) is 15.6. The molecule has 3 rings (SSSR count). The highest BCUT2D eigenvalue weighted by Gasteiger charge is 2.33. The van der Waals surface area contributed by atoms with Crippen LogP contribution in [0.1, 0.15) is 18.3 Å². The van der Waals surface area contributed by atoms with E-state index in [9.17, 15) is 17.6 Å². The van der Waals surface area contributed by atoms with Gasteiger partial charge in [-0.3, -0.25) is 0 Å². The second-order valence-electron chi connectivity index (χ2n) is 5.54. The van der Waals surface area contributed by atoms with Gasteiger partial charge >= 0.3 is 6.18 Å². The molecule has 3 heterocycles. The third kappa shape index (κ3) is 3.62. The molecule has 0 saturated carbocycles. The van der Waals surface area contributed by atoms with E-state index in [1.165, 1.54) is 6.33 Å². The summed E-state index contributed by atoms with van der Waals surface area (Å²) in [6.45, 7) is 3.45. The molecule has 0 N–H and O–H groups in total. The van der Waals surface area contributed by atoms with Gasteiger partial charge in [-0.15, -0.1) is 0 Å². The third-order valence-corrected chi connectivity index (χ3v) is 4.02. The van der Waals surface area contributed by atoms with Crippen molar-refractivity contribution in [1.29, 1.82) is 0 Å². The number of hydrogen-bond acceptors (Lipinski definition) is 6. The maximum atomic E-state index is 14.3. The van der Waals surface area contributed by atoms with Gasteiger partial charge in [0.2, 0.25) is 0 Å². The SMILES string of the molecule is CCc1ncnc(N2CCN(c3cc(C(F)(F)F)ncn3)CC2)c1F. The van der Waals surface area contributed by atoms with Gasteiger partial charge in [-0.05, 0) is 6.42 Å². The van der Waals surface area contributed by atoms with Crippen molar-refractivity contribution in [3.63, 3.8) is 0 Å². The van der Waals surface area contributed by atoms with Gasteiger partial charge in [0, 0.05) is 32.2 Å². The molecular formula is C15H16F4N6. The first-order valence-corrected chi connectivity index (χ1v) is 7.78. The zero-order valence-corrected chi connectivity index (χ0v) is 13.5. The van der Waals surface area contributed by atoms with E-state index in [1.807, 2.05) is 0 Å². The van der Waals surface area contributed by atoms with Gasteiger partial charge in [0.1, 0.15) is 24.2 Å². The number of nitrogens with zero attached hydrogens (tertiary/aromatic N) is 6. The lowest BCUT2D eigenvalue weighted by molar-refractivity contribution is -0.141. The highest BCUT2D eigenvalue weighted by atomic mass is 19.4. The van der Waals surface area contributed by atoms with Gasteiger partial charge < -0.3 is 9.80 Å². The van der Waals surface area contributed by atoms with E-state index in [-0.39, 0.29) is 11.6 Å². The first kappa shape index (κ1) is 17.3. The van der Waals surface area contributed by atoms with Crippen LogP contribution < -0.4 is 9.80 Å². The lowest BCUT2D eigenvalue weighted by atomic mass is 10.2. The Morgan fingerprint density at radius 3 is 2.24 bits per heavy atom. The summed E-state index contributed by atoms with van der Waals surface area (Å²) in [5.74, 6) is -0.00982. The van der Waals surface area contributed by atoms with E-state index in [4.69, 9.17) is 0 Å². The van der Waals surface area contributed by atoms with Crippen LogP contribution in [0.15, 0.2) is 18.7 Å². The molecule has 25 heavy (non-hydrogen) atoms. The van der Waals surface area contributed by atoms with Gasteiger partial charge in [-0.1, -0.05) is 6.92 Å². The molecule has 0 aromatic carbocycles. The molecule has 1 fully saturated rings. The van der Waals surface area contributed by atoms with Crippen molar-refractivity contribution < 1.29 is 17.6 Å². The molecule has 6 nitrogen and oxygen atoms in total. The largest absolute Gasteiger partial charge is 0.433 e. The van der Waals surface area contributed by atoms with Gasteiger partial charge in [0.15, 0.2) is 11.6 Å². The summed E-state index contributed by atoms with van der Waals surface area (Å²) in [6, 6.07) is 0.927. The van der Waals surface area contributed by atoms with Crippen molar-refractivity contribution in [1.82, 2.24) is 19.9 Å². The fourth-order valence-corrected chi connectivity index (χ4v) is 2.68. The van der Waals surface area contributed by atoms with Crippen LogP contribution >= 0.6 is 0 Å². The van der Waals surface area contributed by atoms with Gasteiger partial charge in [0.25, 0.3) is 0 Å². The Morgan fingerprint density at radius 2 is 1.60 bits per heavy atom. The Kier molecular flexibility index (Phi) is 4.69. The standard InChI is InChI=1S/C15H16F4N6/c1-2-10-13(16)14(23-8-20-10)25-5-3-24(4-6-25)12-7-11(15(17,18)19)21-9-22-12/h7-9H,2-6H2,1H3. The van der Waals surface area contributed by atoms with Crippen LogP contribution in [-0.2, 0) is 12.6 Å². The summed E-state index contributed by atoms with van der Waals surface area (Å²) in [7, 11) is 0. The fraction of sp³-hybridized carbons (Fsp3) is 0.467. The van der Waals surface area contributed by atoms with Crippen LogP contribution in [0.2, 0.25) is 0 Å². The molecule has 1 saturated heterocycles. The first-order chi connectivity index (χ1) is 11.9. The number of piperazine rings is 1. The Hall–Kier alpha value is -2.52. The summed E-state index contributed by atoms with van der Waals surface area (Å²) < 4.78 is 52.6. The van der Waals surface area contributed by atoms with Crippen LogP contribution in [0.3, 0.4) is 0 Å². The second-order valence-corrected chi connectivity index (χ2v) is 5.54. The molecule has 0 amide bonds. The van der Waals surface area contributed by atoms with Crippen LogP contribution in [0, 0.1) is 5.82 Å². The molecule has 2 aromatic heterocycles. The minimum Gasteiger partial charge on any atom is -0.353 e. The number of aryl methyl sites for hydroxylation is 1. The molecule has 0 atom stereocenters. The molecule has 0 spiro atoms. The average molecular weight is 356 g/mol. The molecule has 10 heteroatoms. The van der Waals surface area contributed by atoms with E-state index < -0.39 is 17.7 Å². The monoisotopic (exact) mass is 356 g/mol. The molecule has 0 radical (unpaired) electrons. The van der Waals surface area contributed by atoms with Crippen molar-refractivity contribution in [2.45, 2.75) is 19.5 Å². The second kappa shape index (κ2) is 6.77. The van der Waals surface area contributed by atoms with Gasteiger partial charge in [-0.25, -0.2) is 24.3 Å². The Morgan fingerprint density at radius 1 is 0.960 bits per heavy atom. The predicted molar refractivity (Wildman–Crippen MR) is 82.8 cm³/mol. The number of aromatic nitrogens is 4. The summed E-state index contributed by atoms with van der Waals surface area (Å²) in [5.41, 5.74) is -0.632. The van der Waals surface area contributed by atoms with Crippen molar-refractivity contribution in [2.24, 2.45) is 0 Å². The molecule has 1 aliphatic heterocycles. The van der Waals surface area contributed by atoms with Crippen LogP contribution in [0.4, 0.5) is 29.2 Å². The van der Waals surface area contributed by atoms with E-state index >= 15 is 0 Å². The fourth-order valence-electron chi connectivity index (χ4n) is 2.68. The molecule has 2 aromatic rings. The first-order valence-electron chi connectivity index (χ1n) is 7.78. The molecule has 0 bridgehead atoms. The van der Waals surface area contributed by atoms with Crippen LogP contribution in [0.5, 0.6) is 0 Å². The summed E-state index contributed by atoms with van der Waals surface area (Å²) >= 11 is 0. The number of halogens is 4. The maximum Gasteiger partial charge on any atom is 0.433 e.